The summed E-state index contributed by atoms with van der Waals surface area (Å²) in [5.74, 6) is 0. The zero-order valence-electron chi connectivity index (χ0n) is 13.1. The predicted octanol–water partition coefficient (Wildman–Crippen LogP) is 3.71. The molecule has 2 saturated carbocycles. The van der Waals surface area contributed by atoms with Gasteiger partial charge in [0.1, 0.15) is 0 Å². The summed E-state index contributed by atoms with van der Waals surface area (Å²) in [5, 5.41) is 3.81. The number of hydrogen-bond acceptors (Lipinski definition) is 2. The SMILES string of the molecule is C1CCC2(CC1)CCC2N1CCCCC1C1CCCN1. The highest BCUT2D eigenvalue weighted by molar-refractivity contribution is 5.06. The lowest BCUT2D eigenvalue weighted by Crippen LogP contribution is -2.63. The largest absolute Gasteiger partial charge is 0.312 e. The smallest absolute Gasteiger partial charge is 0.0252 e. The van der Waals surface area contributed by atoms with E-state index in [0.717, 1.165) is 23.5 Å². The van der Waals surface area contributed by atoms with Crippen LogP contribution in [0.1, 0.15) is 77.0 Å². The first-order valence-corrected chi connectivity index (χ1v) is 9.38. The average molecular weight is 276 g/mol. The van der Waals surface area contributed by atoms with Crippen molar-refractivity contribution in [3.8, 4) is 0 Å². The molecular weight excluding hydrogens is 244 g/mol. The van der Waals surface area contributed by atoms with Gasteiger partial charge >= 0.3 is 0 Å². The minimum Gasteiger partial charge on any atom is -0.312 e. The van der Waals surface area contributed by atoms with Gasteiger partial charge < -0.3 is 5.32 Å². The normalized spacial score (nSPS) is 41.7. The molecule has 2 saturated heterocycles. The van der Waals surface area contributed by atoms with Gasteiger partial charge in [0.2, 0.25) is 0 Å². The van der Waals surface area contributed by atoms with Crippen molar-refractivity contribution < 1.29 is 0 Å². The first-order chi connectivity index (χ1) is 9.89. The highest BCUT2D eigenvalue weighted by Crippen LogP contribution is 2.55. The maximum absolute atomic E-state index is 3.81. The van der Waals surface area contributed by atoms with Gasteiger partial charge in [-0.2, -0.15) is 0 Å². The van der Waals surface area contributed by atoms with Crippen LogP contribution in [0, 0.1) is 5.41 Å². The fourth-order valence-corrected chi connectivity index (χ4v) is 5.88. The number of nitrogens with one attached hydrogen (secondary N) is 1. The molecule has 3 unspecified atom stereocenters. The molecule has 1 spiro atoms. The first-order valence-electron chi connectivity index (χ1n) is 9.38. The van der Waals surface area contributed by atoms with E-state index < -0.39 is 0 Å². The van der Waals surface area contributed by atoms with Crippen molar-refractivity contribution >= 4 is 0 Å². The van der Waals surface area contributed by atoms with E-state index in [9.17, 15) is 0 Å². The standard InChI is InChI=1S/C18H32N2/c1-3-10-18(11-4-1)12-9-17(18)20-14-5-2-8-16(20)15-7-6-13-19-15/h15-17,19H,1-14H2. The molecule has 2 heterocycles. The minimum absolute atomic E-state index is 0.756. The summed E-state index contributed by atoms with van der Waals surface area (Å²) in [6, 6.07) is 2.64. The van der Waals surface area contributed by atoms with E-state index in [4.69, 9.17) is 0 Å². The molecule has 2 aliphatic heterocycles. The van der Waals surface area contributed by atoms with Crippen molar-refractivity contribution in [2.24, 2.45) is 5.41 Å². The van der Waals surface area contributed by atoms with Gasteiger partial charge in [-0.15, -0.1) is 0 Å². The van der Waals surface area contributed by atoms with Crippen LogP contribution in [0.3, 0.4) is 0 Å². The number of piperidine rings is 1. The number of hydrogen-bond donors (Lipinski definition) is 1. The van der Waals surface area contributed by atoms with Crippen LogP contribution in [-0.4, -0.2) is 36.1 Å². The Morgan fingerprint density at radius 1 is 0.800 bits per heavy atom. The second-order valence-corrected chi connectivity index (χ2v) is 7.98. The molecule has 2 heteroatoms. The van der Waals surface area contributed by atoms with Gasteiger partial charge in [-0.3, -0.25) is 4.90 Å². The first kappa shape index (κ1) is 13.6. The molecule has 4 aliphatic rings. The molecule has 0 amide bonds. The number of likely N-dealkylation sites (tertiary alicyclic amines) is 1. The van der Waals surface area contributed by atoms with Crippen molar-refractivity contribution in [2.75, 3.05) is 13.1 Å². The van der Waals surface area contributed by atoms with Gasteiger partial charge in [0.15, 0.2) is 0 Å². The molecule has 20 heavy (non-hydrogen) atoms. The van der Waals surface area contributed by atoms with Crippen LogP contribution in [0.25, 0.3) is 0 Å². The predicted molar refractivity (Wildman–Crippen MR) is 83.9 cm³/mol. The van der Waals surface area contributed by atoms with Crippen LogP contribution in [-0.2, 0) is 0 Å². The third kappa shape index (κ3) is 2.23. The van der Waals surface area contributed by atoms with Crippen molar-refractivity contribution in [1.29, 1.82) is 0 Å². The Bertz CT molecular complexity index is 328. The van der Waals surface area contributed by atoms with Gasteiger partial charge in [0, 0.05) is 18.1 Å². The third-order valence-electron chi connectivity index (χ3n) is 7.03. The zero-order chi connectivity index (χ0) is 13.4. The number of nitrogens with zero attached hydrogens (tertiary/aromatic N) is 1. The summed E-state index contributed by atoms with van der Waals surface area (Å²) in [4.78, 5) is 3.00. The van der Waals surface area contributed by atoms with Crippen LogP contribution < -0.4 is 5.32 Å². The van der Waals surface area contributed by atoms with E-state index in [2.05, 4.69) is 10.2 Å². The topological polar surface area (TPSA) is 15.3 Å². The van der Waals surface area contributed by atoms with E-state index >= 15 is 0 Å². The Labute approximate surface area is 124 Å². The highest BCUT2D eigenvalue weighted by atomic mass is 15.2. The van der Waals surface area contributed by atoms with Gasteiger partial charge in [0.05, 0.1) is 0 Å². The molecule has 114 valence electrons. The van der Waals surface area contributed by atoms with E-state index in [1.807, 2.05) is 0 Å². The Morgan fingerprint density at radius 3 is 2.40 bits per heavy atom. The molecule has 0 aromatic carbocycles. The molecule has 3 atom stereocenters. The molecular formula is C18H32N2. The van der Waals surface area contributed by atoms with E-state index in [0.29, 0.717) is 0 Å². The summed E-state index contributed by atoms with van der Waals surface area (Å²) >= 11 is 0. The van der Waals surface area contributed by atoms with Crippen molar-refractivity contribution in [1.82, 2.24) is 10.2 Å². The molecule has 2 aliphatic carbocycles. The zero-order valence-corrected chi connectivity index (χ0v) is 13.1. The molecule has 4 rings (SSSR count). The lowest BCUT2D eigenvalue weighted by molar-refractivity contribution is -0.0855. The van der Waals surface area contributed by atoms with Crippen molar-refractivity contribution in [3.63, 3.8) is 0 Å². The Balaban J connectivity index is 1.49. The van der Waals surface area contributed by atoms with E-state index in [1.54, 1.807) is 19.3 Å². The molecule has 0 aromatic heterocycles. The average Bonchev–Trinajstić information content (AvgIpc) is 3.02. The van der Waals surface area contributed by atoms with E-state index in [-0.39, 0.29) is 0 Å². The quantitative estimate of drug-likeness (QED) is 0.827. The van der Waals surface area contributed by atoms with Gasteiger partial charge in [-0.25, -0.2) is 0 Å². The molecule has 0 bridgehead atoms. The maximum Gasteiger partial charge on any atom is 0.0252 e. The fourth-order valence-electron chi connectivity index (χ4n) is 5.88. The van der Waals surface area contributed by atoms with Crippen LogP contribution >= 0.6 is 0 Å². The molecule has 2 nitrogen and oxygen atoms in total. The molecule has 4 fully saturated rings. The second kappa shape index (κ2) is 5.61. The number of rotatable bonds is 2. The summed E-state index contributed by atoms with van der Waals surface area (Å²) in [6.45, 7) is 2.67. The minimum atomic E-state index is 0.756. The second-order valence-electron chi connectivity index (χ2n) is 7.98. The molecule has 0 aromatic rings. The Kier molecular flexibility index (Phi) is 3.80. The summed E-state index contributed by atoms with van der Waals surface area (Å²) in [5.41, 5.74) is 0.756. The monoisotopic (exact) mass is 276 g/mol. The van der Waals surface area contributed by atoms with E-state index in [1.165, 1.54) is 70.9 Å². The van der Waals surface area contributed by atoms with Crippen LogP contribution in [0.4, 0.5) is 0 Å². The van der Waals surface area contributed by atoms with Crippen LogP contribution in [0.15, 0.2) is 0 Å². The summed E-state index contributed by atoms with van der Waals surface area (Å²) in [7, 11) is 0. The fraction of sp³-hybridized carbons (Fsp3) is 1.00. The molecule has 0 radical (unpaired) electrons. The van der Waals surface area contributed by atoms with Gasteiger partial charge in [-0.05, 0) is 69.9 Å². The maximum atomic E-state index is 3.81. The van der Waals surface area contributed by atoms with Gasteiger partial charge in [-0.1, -0.05) is 25.7 Å². The Morgan fingerprint density at radius 2 is 1.70 bits per heavy atom. The van der Waals surface area contributed by atoms with Gasteiger partial charge in [0.25, 0.3) is 0 Å². The van der Waals surface area contributed by atoms with Crippen molar-refractivity contribution in [3.05, 3.63) is 0 Å². The summed E-state index contributed by atoms with van der Waals surface area (Å²) in [6.07, 6.45) is 17.9. The van der Waals surface area contributed by atoms with Crippen LogP contribution in [0.2, 0.25) is 0 Å². The summed E-state index contributed by atoms with van der Waals surface area (Å²) < 4.78 is 0. The lowest BCUT2D eigenvalue weighted by Gasteiger charge is -2.59. The van der Waals surface area contributed by atoms with Crippen LogP contribution in [0.5, 0.6) is 0 Å². The highest BCUT2D eigenvalue weighted by Gasteiger charge is 2.51. The van der Waals surface area contributed by atoms with Crippen molar-refractivity contribution in [2.45, 2.75) is 95.2 Å². The molecule has 1 N–H and O–H groups in total. The lowest BCUT2D eigenvalue weighted by atomic mass is 9.56. The Hall–Kier alpha value is -0.0800. The third-order valence-corrected chi connectivity index (χ3v) is 7.03.